The molecule has 1 aliphatic heterocycles. The van der Waals surface area contributed by atoms with Crippen LogP contribution in [0.4, 0.5) is 5.69 Å². The van der Waals surface area contributed by atoms with Gasteiger partial charge in [-0.2, -0.15) is 0 Å². The van der Waals surface area contributed by atoms with Crippen LogP contribution < -0.4 is 4.90 Å². The molecule has 5 nitrogen and oxygen atoms in total. The van der Waals surface area contributed by atoms with Gasteiger partial charge in [-0.15, -0.1) is 0 Å². The molecule has 1 unspecified atom stereocenters. The predicted octanol–water partition coefficient (Wildman–Crippen LogP) is 4.52. The molecule has 3 heterocycles. The van der Waals surface area contributed by atoms with Gasteiger partial charge in [0.05, 0.1) is 5.56 Å². The molecule has 0 bridgehead atoms. The summed E-state index contributed by atoms with van der Waals surface area (Å²) < 4.78 is 6.07. The molecule has 0 radical (unpaired) electrons. The highest BCUT2D eigenvalue weighted by Gasteiger charge is 2.30. The van der Waals surface area contributed by atoms with Crippen molar-refractivity contribution in [2.45, 2.75) is 39.2 Å². The molecule has 0 saturated carbocycles. The number of furan rings is 1. The lowest BCUT2D eigenvalue weighted by Crippen LogP contribution is -2.53. The maximum absolute atomic E-state index is 13.5. The van der Waals surface area contributed by atoms with E-state index in [4.69, 9.17) is 4.42 Å². The summed E-state index contributed by atoms with van der Waals surface area (Å²) in [5, 5.41) is 0.933. The van der Waals surface area contributed by atoms with E-state index in [1.807, 2.05) is 53.7 Å². The summed E-state index contributed by atoms with van der Waals surface area (Å²) >= 11 is 0. The number of benzene rings is 1. The van der Waals surface area contributed by atoms with Crippen LogP contribution >= 0.6 is 0 Å². The minimum atomic E-state index is 0.0947. The lowest BCUT2D eigenvalue weighted by molar-refractivity contribution is 0.0725. The highest BCUT2D eigenvalue weighted by atomic mass is 16.3. The molecule has 5 heteroatoms. The molecule has 1 aromatic carbocycles. The number of fused-ring (bicyclic) bond motifs is 1. The van der Waals surface area contributed by atoms with Crippen LogP contribution in [-0.2, 0) is 6.42 Å². The Morgan fingerprint density at radius 2 is 1.96 bits per heavy atom. The number of hydrogen-bond donors (Lipinski definition) is 0. The van der Waals surface area contributed by atoms with Crippen LogP contribution in [0.2, 0.25) is 0 Å². The largest absolute Gasteiger partial charge is 0.460 e. The maximum atomic E-state index is 13.5. The summed E-state index contributed by atoms with van der Waals surface area (Å²) in [6, 6.07) is 12.2. The molecule has 3 aromatic rings. The molecular weight excluding hydrogens is 350 g/mol. The average molecular weight is 377 g/mol. The van der Waals surface area contributed by atoms with Crippen molar-refractivity contribution in [3.63, 3.8) is 0 Å². The van der Waals surface area contributed by atoms with E-state index in [0.717, 1.165) is 53.8 Å². The molecule has 0 aliphatic carbocycles. The first-order valence-corrected chi connectivity index (χ1v) is 10.2. The molecule has 1 fully saturated rings. The number of anilines is 1. The van der Waals surface area contributed by atoms with Crippen molar-refractivity contribution >= 4 is 22.6 Å². The van der Waals surface area contributed by atoms with Crippen LogP contribution in [0.1, 0.15) is 42.8 Å². The molecular formula is C23H27N3O2. The topological polar surface area (TPSA) is 49.6 Å². The van der Waals surface area contributed by atoms with Crippen LogP contribution in [0.25, 0.3) is 11.0 Å². The zero-order valence-corrected chi connectivity index (χ0v) is 16.6. The summed E-state index contributed by atoms with van der Waals surface area (Å²) in [6.45, 7) is 6.55. The number of hydrogen-bond acceptors (Lipinski definition) is 4. The number of unbranched alkanes of at least 4 members (excludes halogenated alkanes) is 1. The molecule has 2 aromatic heterocycles. The molecule has 146 valence electrons. The summed E-state index contributed by atoms with van der Waals surface area (Å²) in [7, 11) is 0. The SMILES string of the molecule is CCCCc1oc2ccccc2c1C(=O)N1CCN(c2ccncc2)C(C)C1. The van der Waals surface area contributed by atoms with Crippen molar-refractivity contribution in [2.24, 2.45) is 0 Å². The normalized spacial score (nSPS) is 17.3. The lowest BCUT2D eigenvalue weighted by Gasteiger charge is -2.41. The lowest BCUT2D eigenvalue weighted by atomic mass is 10.0. The van der Waals surface area contributed by atoms with Gasteiger partial charge >= 0.3 is 0 Å². The number of carbonyl (C=O) groups is 1. The van der Waals surface area contributed by atoms with Crippen LogP contribution in [0.5, 0.6) is 0 Å². The summed E-state index contributed by atoms with van der Waals surface area (Å²) in [6.07, 6.45) is 6.53. The number of rotatable bonds is 5. The fourth-order valence-corrected chi connectivity index (χ4v) is 4.06. The highest BCUT2D eigenvalue weighted by molar-refractivity contribution is 6.07. The van der Waals surface area contributed by atoms with E-state index in [2.05, 4.69) is 23.7 Å². The van der Waals surface area contributed by atoms with Crippen molar-refractivity contribution in [3.8, 4) is 0 Å². The molecule has 0 N–H and O–H groups in total. The number of aromatic nitrogens is 1. The van der Waals surface area contributed by atoms with Gasteiger partial charge in [-0.1, -0.05) is 31.5 Å². The minimum absolute atomic E-state index is 0.0947. The number of nitrogens with zero attached hydrogens (tertiary/aromatic N) is 3. The van der Waals surface area contributed by atoms with E-state index < -0.39 is 0 Å². The molecule has 1 atom stereocenters. The first kappa shape index (κ1) is 18.5. The van der Waals surface area contributed by atoms with Gasteiger partial charge in [0.15, 0.2) is 0 Å². The van der Waals surface area contributed by atoms with Gasteiger partial charge in [0.2, 0.25) is 0 Å². The molecule has 1 amide bonds. The number of para-hydroxylation sites is 1. The van der Waals surface area contributed by atoms with Crippen molar-refractivity contribution in [1.29, 1.82) is 0 Å². The Bertz CT molecular complexity index is 951. The van der Waals surface area contributed by atoms with E-state index in [0.29, 0.717) is 13.1 Å². The van der Waals surface area contributed by atoms with E-state index in [1.54, 1.807) is 0 Å². The second kappa shape index (κ2) is 8.05. The number of carbonyl (C=O) groups excluding carboxylic acids is 1. The molecule has 1 saturated heterocycles. The zero-order valence-electron chi connectivity index (χ0n) is 16.6. The van der Waals surface area contributed by atoms with Crippen molar-refractivity contribution in [1.82, 2.24) is 9.88 Å². The number of aryl methyl sites for hydroxylation is 1. The Hall–Kier alpha value is -2.82. The second-order valence-electron chi connectivity index (χ2n) is 7.50. The van der Waals surface area contributed by atoms with Gasteiger partial charge < -0.3 is 14.2 Å². The smallest absolute Gasteiger partial charge is 0.258 e. The third kappa shape index (κ3) is 3.49. The summed E-state index contributed by atoms with van der Waals surface area (Å²) in [5.74, 6) is 0.926. The third-order valence-corrected chi connectivity index (χ3v) is 5.55. The summed E-state index contributed by atoms with van der Waals surface area (Å²) in [5.41, 5.74) is 2.72. The molecule has 0 spiro atoms. The van der Waals surface area contributed by atoms with E-state index in [-0.39, 0.29) is 11.9 Å². The number of pyridine rings is 1. The maximum Gasteiger partial charge on any atom is 0.258 e. The third-order valence-electron chi connectivity index (χ3n) is 5.55. The van der Waals surface area contributed by atoms with Crippen molar-refractivity contribution < 1.29 is 9.21 Å². The van der Waals surface area contributed by atoms with Gasteiger partial charge in [-0.3, -0.25) is 9.78 Å². The highest BCUT2D eigenvalue weighted by Crippen LogP contribution is 2.29. The second-order valence-corrected chi connectivity index (χ2v) is 7.50. The first-order chi connectivity index (χ1) is 13.7. The fourth-order valence-electron chi connectivity index (χ4n) is 4.06. The Balaban J connectivity index is 1.58. The van der Waals surface area contributed by atoms with Crippen LogP contribution in [-0.4, -0.2) is 41.5 Å². The van der Waals surface area contributed by atoms with Crippen molar-refractivity contribution in [2.75, 3.05) is 24.5 Å². The number of amides is 1. The minimum Gasteiger partial charge on any atom is -0.460 e. The van der Waals surface area contributed by atoms with Gasteiger partial charge in [0.25, 0.3) is 5.91 Å². The Labute approximate surface area is 166 Å². The van der Waals surface area contributed by atoms with Crippen LogP contribution in [0.3, 0.4) is 0 Å². The zero-order chi connectivity index (χ0) is 19.5. The van der Waals surface area contributed by atoms with Crippen LogP contribution in [0, 0.1) is 0 Å². The van der Waals surface area contributed by atoms with Gasteiger partial charge in [0.1, 0.15) is 11.3 Å². The van der Waals surface area contributed by atoms with E-state index >= 15 is 0 Å². The first-order valence-electron chi connectivity index (χ1n) is 10.2. The number of piperazine rings is 1. The molecule has 4 rings (SSSR count). The summed E-state index contributed by atoms with van der Waals surface area (Å²) in [4.78, 5) is 21.9. The van der Waals surface area contributed by atoms with E-state index in [1.165, 1.54) is 0 Å². The Kier molecular flexibility index (Phi) is 5.33. The quantitative estimate of drug-likeness (QED) is 0.656. The average Bonchev–Trinajstić information content (AvgIpc) is 3.10. The Morgan fingerprint density at radius 3 is 2.71 bits per heavy atom. The van der Waals surface area contributed by atoms with Crippen molar-refractivity contribution in [3.05, 3.63) is 60.1 Å². The van der Waals surface area contributed by atoms with Gasteiger partial charge in [-0.05, 0) is 31.5 Å². The Morgan fingerprint density at radius 1 is 1.18 bits per heavy atom. The van der Waals surface area contributed by atoms with Gasteiger partial charge in [-0.25, -0.2) is 0 Å². The predicted molar refractivity (Wildman–Crippen MR) is 112 cm³/mol. The monoisotopic (exact) mass is 377 g/mol. The fraction of sp³-hybridized carbons (Fsp3) is 0.391. The van der Waals surface area contributed by atoms with E-state index in [9.17, 15) is 4.79 Å². The standard InChI is InChI=1S/C23H27N3O2/c1-3-4-8-21-22(19-7-5-6-9-20(19)28-21)23(27)25-14-15-26(17(2)16-25)18-10-12-24-13-11-18/h5-7,9-13,17H,3-4,8,14-16H2,1-2H3. The molecule has 28 heavy (non-hydrogen) atoms. The van der Waals surface area contributed by atoms with Crippen LogP contribution in [0.15, 0.2) is 53.2 Å². The van der Waals surface area contributed by atoms with Gasteiger partial charge in [0, 0.05) is 55.6 Å². The molecule has 1 aliphatic rings.